The van der Waals surface area contributed by atoms with Crippen LogP contribution in [0.3, 0.4) is 0 Å². The van der Waals surface area contributed by atoms with Crippen LogP contribution in [0, 0.1) is 5.92 Å². The molecule has 1 aromatic heterocycles. The van der Waals surface area contributed by atoms with Gasteiger partial charge in [0.15, 0.2) is 0 Å². The molecule has 3 heteroatoms. The highest BCUT2D eigenvalue weighted by Crippen LogP contribution is 2.39. The van der Waals surface area contributed by atoms with Crippen LogP contribution in [-0.4, -0.2) is 10.1 Å². The Labute approximate surface area is 102 Å². The summed E-state index contributed by atoms with van der Waals surface area (Å²) in [6.07, 6.45) is 8.09. The Bertz CT molecular complexity index is 334. The lowest BCUT2D eigenvalue weighted by molar-refractivity contribution is 0.203. The first-order valence-electron chi connectivity index (χ1n) is 6.34. The molecule has 0 amide bonds. The Kier molecular flexibility index (Phi) is 3.98. The van der Waals surface area contributed by atoms with Gasteiger partial charge in [0.25, 0.3) is 0 Å². The minimum absolute atomic E-state index is 0.364. The van der Waals surface area contributed by atoms with Crippen molar-refractivity contribution in [1.82, 2.24) is 4.98 Å². The molecule has 0 bridgehead atoms. The normalized spacial score (nSPS) is 27.9. The zero-order chi connectivity index (χ0) is 11.5. The molecule has 1 fully saturated rings. The van der Waals surface area contributed by atoms with Gasteiger partial charge in [-0.15, -0.1) is 11.3 Å². The van der Waals surface area contributed by atoms with Crippen LogP contribution < -0.4 is 0 Å². The topological polar surface area (TPSA) is 33.1 Å². The maximum atomic E-state index is 9.50. The van der Waals surface area contributed by atoms with Crippen LogP contribution in [-0.2, 0) is 0 Å². The van der Waals surface area contributed by atoms with Crippen LogP contribution >= 0.6 is 11.3 Å². The summed E-state index contributed by atoms with van der Waals surface area (Å²) < 4.78 is 0. The van der Waals surface area contributed by atoms with Gasteiger partial charge in [-0.05, 0) is 25.7 Å². The lowest BCUT2D eigenvalue weighted by Crippen LogP contribution is -2.13. The second-order valence-electron chi connectivity index (χ2n) is 4.91. The minimum atomic E-state index is -0.364. The van der Waals surface area contributed by atoms with Gasteiger partial charge in [-0.3, -0.25) is 0 Å². The molecule has 0 aromatic carbocycles. The third kappa shape index (κ3) is 2.64. The van der Waals surface area contributed by atoms with Gasteiger partial charge in [-0.25, -0.2) is 4.98 Å². The lowest BCUT2D eigenvalue weighted by atomic mass is 9.80. The molecule has 1 aromatic rings. The van der Waals surface area contributed by atoms with Gasteiger partial charge >= 0.3 is 0 Å². The second kappa shape index (κ2) is 5.28. The van der Waals surface area contributed by atoms with Gasteiger partial charge in [-0.2, -0.15) is 0 Å². The fraction of sp³-hybridized carbons (Fsp3) is 0.769. The fourth-order valence-corrected chi connectivity index (χ4v) is 3.57. The summed E-state index contributed by atoms with van der Waals surface area (Å²) in [6, 6.07) is 0. The highest BCUT2D eigenvalue weighted by Gasteiger charge is 2.24. The average Bonchev–Trinajstić information content (AvgIpc) is 2.78. The van der Waals surface area contributed by atoms with Gasteiger partial charge in [0.05, 0.1) is 16.0 Å². The zero-order valence-corrected chi connectivity index (χ0v) is 11.0. The molecule has 1 aliphatic carbocycles. The van der Waals surface area contributed by atoms with E-state index in [1.807, 2.05) is 13.1 Å². The van der Waals surface area contributed by atoms with E-state index in [1.165, 1.54) is 37.1 Å². The number of aliphatic hydroxyl groups is 1. The van der Waals surface area contributed by atoms with E-state index in [2.05, 4.69) is 11.9 Å². The quantitative estimate of drug-likeness (QED) is 0.868. The molecule has 0 radical (unpaired) electrons. The molecular weight excluding hydrogens is 218 g/mol. The number of hydrogen-bond donors (Lipinski definition) is 1. The average molecular weight is 239 g/mol. The van der Waals surface area contributed by atoms with Crippen molar-refractivity contribution in [2.75, 3.05) is 0 Å². The van der Waals surface area contributed by atoms with Gasteiger partial charge in [-0.1, -0.05) is 26.2 Å². The number of aliphatic hydroxyl groups excluding tert-OH is 1. The number of aromatic nitrogens is 1. The Balaban J connectivity index is 2.05. The zero-order valence-electron chi connectivity index (χ0n) is 10.1. The van der Waals surface area contributed by atoms with Crippen molar-refractivity contribution in [2.24, 2.45) is 5.92 Å². The number of nitrogens with zero attached hydrogens (tertiary/aromatic N) is 1. The summed E-state index contributed by atoms with van der Waals surface area (Å²) in [6.45, 7) is 4.10. The molecule has 2 nitrogen and oxygen atoms in total. The molecule has 0 aliphatic heterocycles. The Morgan fingerprint density at radius 2 is 2.38 bits per heavy atom. The van der Waals surface area contributed by atoms with Crippen molar-refractivity contribution in [3.05, 3.63) is 16.1 Å². The van der Waals surface area contributed by atoms with E-state index in [0.717, 1.165) is 10.8 Å². The van der Waals surface area contributed by atoms with Crippen molar-refractivity contribution < 1.29 is 5.11 Å². The first kappa shape index (κ1) is 12.1. The first-order chi connectivity index (χ1) is 7.70. The molecule has 90 valence electrons. The van der Waals surface area contributed by atoms with E-state index in [4.69, 9.17) is 0 Å². The van der Waals surface area contributed by atoms with Crippen LogP contribution in [0.15, 0.2) is 6.20 Å². The SMILES string of the molecule is CCC1CCCC(c2ncc(C(C)O)s2)C1. The minimum Gasteiger partial charge on any atom is -0.388 e. The predicted octanol–water partition coefficient (Wildman–Crippen LogP) is 3.88. The standard InChI is InChI=1S/C13H21NOS/c1-3-10-5-4-6-11(7-10)13-14-8-12(16-13)9(2)15/h8-11,15H,3-7H2,1-2H3. The monoisotopic (exact) mass is 239 g/mol. The third-order valence-electron chi connectivity index (χ3n) is 3.66. The maximum absolute atomic E-state index is 9.50. The molecular formula is C13H21NOS. The van der Waals surface area contributed by atoms with Crippen LogP contribution in [0.1, 0.15) is 67.9 Å². The van der Waals surface area contributed by atoms with E-state index in [9.17, 15) is 5.11 Å². The number of hydrogen-bond acceptors (Lipinski definition) is 3. The molecule has 2 rings (SSSR count). The van der Waals surface area contributed by atoms with Crippen LogP contribution in [0.4, 0.5) is 0 Å². The van der Waals surface area contributed by atoms with E-state index in [1.54, 1.807) is 11.3 Å². The van der Waals surface area contributed by atoms with Crippen molar-refractivity contribution in [3.8, 4) is 0 Å². The van der Waals surface area contributed by atoms with E-state index >= 15 is 0 Å². The van der Waals surface area contributed by atoms with Crippen LogP contribution in [0.2, 0.25) is 0 Å². The Morgan fingerprint density at radius 1 is 1.56 bits per heavy atom. The Hall–Kier alpha value is -0.410. The highest BCUT2D eigenvalue weighted by atomic mass is 32.1. The van der Waals surface area contributed by atoms with Crippen molar-refractivity contribution in [1.29, 1.82) is 0 Å². The number of thiazole rings is 1. The fourth-order valence-electron chi connectivity index (χ4n) is 2.57. The summed E-state index contributed by atoms with van der Waals surface area (Å²) in [7, 11) is 0. The smallest absolute Gasteiger partial charge is 0.0959 e. The molecule has 3 unspecified atom stereocenters. The molecule has 1 N–H and O–H groups in total. The second-order valence-corrected chi connectivity index (χ2v) is 6.01. The van der Waals surface area contributed by atoms with Crippen LogP contribution in [0.25, 0.3) is 0 Å². The molecule has 1 saturated carbocycles. The third-order valence-corrected chi connectivity index (χ3v) is 4.99. The largest absolute Gasteiger partial charge is 0.388 e. The molecule has 0 spiro atoms. The predicted molar refractivity (Wildman–Crippen MR) is 67.7 cm³/mol. The summed E-state index contributed by atoms with van der Waals surface area (Å²) in [5.41, 5.74) is 0. The molecule has 16 heavy (non-hydrogen) atoms. The highest BCUT2D eigenvalue weighted by molar-refractivity contribution is 7.11. The van der Waals surface area contributed by atoms with Gasteiger partial charge in [0, 0.05) is 12.1 Å². The molecule has 1 heterocycles. The summed E-state index contributed by atoms with van der Waals surface area (Å²) in [5.74, 6) is 1.54. The van der Waals surface area contributed by atoms with E-state index in [0.29, 0.717) is 5.92 Å². The summed E-state index contributed by atoms with van der Waals surface area (Å²) in [5, 5.41) is 10.7. The summed E-state index contributed by atoms with van der Waals surface area (Å²) in [4.78, 5) is 5.50. The summed E-state index contributed by atoms with van der Waals surface area (Å²) >= 11 is 1.70. The number of rotatable bonds is 3. The molecule has 3 atom stereocenters. The van der Waals surface area contributed by atoms with Crippen molar-refractivity contribution in [3.63, 3.8) is 0 Å². The maximum Gasteiger partial charge on any atom is 0.0959 e. The van der Waals surface area contributed by atoms with Crippen molar-refractivity contribution in [2.45, 2.75) is 58.0 Å². The first-order valence-corrected chi connectivity index (χ1v) is 7.16. The van der Waals surface area contributed by atoms with Gasteiger partial charge in [0.2, 0.25) is 0 Å². The van der Waals surface area contributed by atoms with E-state index < -0.39 is 0 Å². The van der Waals surface area contributed by atoms with E-state index in [-0.39, 0.29) is 6.10 Å². The van der Waals surface area contributed by atoms with Crippen molar-refractivity contribution >= 4 is 11.3 Å². The van der Waals surface area contributed by atoms with Gasteiger partial charge < -0.3 is 5.11 Å². The van der Waals surface area contributed by atoms with Crippen LogP contribution in [0.5, 0.6) is 0 Å². The molecule has 1 aliphatic rings. The lowest BCUT2D eigenvalue weighted by Gasteiger charge is -2.26. The molecule has 0 saturated heterocycles. The Morgan fingerprint density at radius 3 is 3.00 bits per heavy atom. The van der Waals surface area contributed by atoms with Gasteiger partial charge in [0.1, 0.15) is 0 Å².